The minimum atomic E-state index is -0.481. The van der Waals surface area contributed by atoms with Gasteiger partial charge in [0.2, 0.25) is 11.8 Å². The van der Waals surface area contributed by atoms with E-state index in [1.807, 2.05) is 19.9 Å². The van der Waals surface area contributed by atoms with Gasteiger partial charge in [-0.2, -0.15) is 0 Å². The van der Waals surface area contributed by atoms with Crippen LogP contribution >= 0.6 is 0 Å². The summed E-state index contributed by atoms with van der Waals surface area (Å²) in [5.74, 6) is -0.291. The molecule has 0 aromatic heterocycles. The fourth-order valence-electron chi connectivity index (χ4n) is 1.49. The average Bonchev–Trinajstić information content (AvgIpc) is 2.27. The summed E-state index contributed by atoms with van der Waals surface area (Å²) < 4.78 is 0. The largest absolute Gasteiger partial charge is 0.366 e. The molecule has 1 rings (SSSR count). The van der Waals surface area contributed by atoms with Crippen molar-refractivity contribution in [2.45, 2.75) is 26.7 Å². The zero-order valence-corrected chi connectivity index (χ0v) is 10.7. The number of carbonyl (C=O) groups is 2. The molecule has 17 heavy (non-hydrogen) atoms. The van der Waals surface area contributed by atoms with Gasteiger partial charge in [-0.25, -0.2) is 0 Å². The Labute approximate surface area is 101 Å². The fraction of sp³-hybridized carbons (Fsp3) is 0.385. The van der Waals surface area contributed by atoms with Crippen molar-refractivity contribution < 1.29 is 9.59 Å². The highest BCUT2D eigenvalue weighted by atomic mass is 16.2. The number of primary amides is 1. The highest BCUT2D eigenvalue weighted by Gasteiger charge is 2.12. The Hall–Kier alpha value is -1.84. The number of rotatable bonds is 3. The third-order valence-corrected chi connectivity index (χ3v) is 2.75. The molecule has 2 N–H and O–H groups in total. The molecule has 0 atom stereocenters. The summed E-state index contributed by atoms with van der Waals surface area (Å²) in [7, 11) is 1.67. The molecule has 0 unspecified atom stereocenters. The van der Waals surface area contributed by atoms with Crippen molar-refractivity contribution in [1.29, 1.82) is 0 Å². The maximum Gasteiger partial charge on any atom is 0.248 e. The molecular weight excluding hydrogens is 216 g/mol. The highest BCUT2D eigenvalue weighted by Crippen LogP contribution is 2.23. The van der Waals surface area contributed by atoms with Crippen LogP contribution in [0.4, 0.5) is 5.69 Å². The van der Waals surface area contributed by atoms with Gasteiger partial charge in [-0.1, -0.05) is 13.8 Å². The number of nitrogens with two attached hydrogens (primary N) is 1. The molecule has 1 aromatic carbocycles. The van der Waals surface area contributed by atoms with Gasteiger partial charge in [0.15, 0.2) is 0 Å². The lowest BCUT2D eigenvalue weighted by Crippen LogP contribution is -2.24. The van der Waals surface area contributed by atoms with Crippen LogP contribution in [-0.4, -0.2) is 18.9 Å². The number of hydrogen-bond donors (Lipinski definition) is 1. The van der Waals surface area contributed by atoms with E-state index in [0.717, 1.165) is 5.56 Å². The molecular formula is C13H18N2O2. The Morgan fingerprint density at radius 3 is 2.24 bits per heavy atom. The third kappa shape index (κ3) is 3.06. The molecule has 4 heteroatoms. The van der Waals surface area contributed by atoms with Crippen molar-refractivity contribution in [3.8, 4) is 0 Å². The zero-order valence-electron chi connectivity index (χ0n) is 10.7. The molecule has 0 aliphatic rings. The van der Waals surface area contributed by atoms with E-state index in [-0.39, 0.29) is 11.8 Å². The molecule has 2 amide bonds. The van der Waals surface area contributed by atoms with Gasteiger partial charge in [0, 0.05) is 25.2 Å². The van der Waals surface area contributed by atoms with Crippen molar-refractivity contribution in [2.24, 2.45) is 5.73 Å². The van der Waals surface area contributed by atoms with Gasteiger partial charge in [-0.3, -0.25) is 9.59 Å². The summed E-state index contributed by atoms with van der Waals surface area (Å²) in [6.07, 6.45) is 0. The van der Waals surface area contributed by atoms with Gasteiger partial charge in [0.25, 0.3) is 0 Å². The van der Waals surface area contributed by atoms with Gasteiger partial charge in [-0.05, 0) is 29.7 Å². The van der Waals surface area contributed by atoms with Gasteiger partial charge in [-0.15, -0.1) is 0 Å². The van der Waals surface area contributed by atoms with Crippen LogP contribution < -0.4 is 10.6 Å². The van der Waals surface area contributed by atoms with Gasteiger partial charge in [0.05, 0.1) is 0 Å². The first-order valence-electron chi connectivity index (χ1n) is 5.52. The quantitative estimate of drug-likeness (QED) is 0.868. The van der Waals surface area contributed by atoms with Crippen molar-refractivity contribution in [3.63, 3.8) is 0 Å². The second-order valence-electron chi connectivity index (χ2n) is 4.41. The molecule has 0 radical (unpaired) electrons. The second-order valence-corrected chi connectivity index (χ2v) is 4.41. The van der Waals surface area contributed by atoms with Crippen LogP contribution in [0.3, 0.4) is 0 Å². The number of nitrogens with zero attached hydrogens (tertiary/aromatic N) is 1. The lowest BCUT2D eigenvalue weighted by Gasteiger charge is -2.18. The molecule has 0 bridgehead atoms. The van der Waals surface area contributed by atoms with Crippen LogP contribution in [0.5, 0.6) is 0 Å². The van der Waals surface area contributed by atoms with E-state index in [0.29, 0.717) is 11.3 Å². The topological polar surface area (TPSA) is 63.4 Å². The predicted octanol–water partition coefficient (Wildman–Crippen LogP) is 1.89. The first-order chi connectivity index (χ1) is 7.82. The van der Waals surface area contributed by atoms with Crippen LogP contribution in [-0.2, 0) is 4.79 Å². The van der Waals surface area contributed by atoms with E-state index in [1.54, 1.807) is 19.2 Å². The van der Waals surface area contributed by atoms with Gasteiger partial charge in [0.1, 0.15) is 0 Å². The Kier molecular flexibility index (Phi) is 3.89. The molecule has 92 valence electrons. The number of hydrogen-bond acceptors (Lipinski definition) is 2. The van der Waals surface area contributed by atoms with E-state index < -0.39 is 5.91 Å². The lowest BCUT2D eigenvalue weighted by molar-refractivity contribution is -0.116. The molecule has 0 spiro atoms. The molecule has 0 saturated heterocycles. The first-order valence-corrected chi connectivity index (χ1v) is 5.52. The third-order valence-electron chi connectivity index (χ3n) is 2.75. The van der Waals surface area contributed by atoms with E-state index in [9.17, 15) is 9.59 Å². The molecule has 0 heterocycles. The normalized spacial score (nSPS) is 10.4. The zero-order chi connectivity index (χ0) is 13.2. The van der Waals surface area contributed by atoms with E-state index in [4.69, 9.17) is 5.73 Å². The molecule has 4 nitrogen and oxygen atoms in total. The number of anilines is 1. The summed E-state index contributed by atoms with van der Waals surface area (Å²) in [5, 5.41) is 0. The Morgan fingerprint density at radius 1 is 1.24 bits per heavy atom. The number of amides is 2. The number of benzene rings is 1. The summed E-state index contributed by atoms with van der Waals surface area (Å²) >= 11 is 0. The van der Waals surface area contributed by atoms with Crippen LogP contribution in [0.25, 0.3) is 0 Å². The smallest absolute Gasteiger partial charge is 0.248 e. The summed E-state index contributed by atoms with van der Waals surface area (Å²) in [5.41, 5.74) is 7.40. The van der Waals surface area contributed by atoms with Crippen LogP contribution in [0.15, 0.2) is 18.2 Å². The van der Waals surface area contributed by atoms with Crippen molar-refractivity contribution in [2.75, 3.05) is 11.9 Å². The second kappa shape index (κ2) is 4.99. The molecule has 0 aliphatic carbocycles. The summed E-state index contributed by atoms with van der Waals surface area (Å²) in [6.45, 7) is 5.53. The maximum absolute atomic E-state index is 11.3. The minimum absolute atomic E-state index is 0.0821. The summed E-state index contributed by atoms with van der Waals surface area (Å²) in [4.78, 5) is 24.1. The molecule has 0 saturated carbocycles. The predicted molar refractivity (Wildman–Crippen MR) is 68.1 cm³/mol. The monoisotopic (exact) mass is 234 g/mol. The summed E-state index contributed by atoms with van der Waals surface area (Å²) in [6, 6.07) is 5.30. The van der Waals surface area contributed by atoms with Crippen LogP contribution in [0, 0.1) is 0 Å². The maximum atomic E-state index is 11.3. The van der Waals surface area contributed by atoms with Gasteiger partial charge >= 0.3 is 0 Å². The molecule has 0 aliphatic heterocycles. The lowest BCUT2D eigenvalue weighted by atomic mass is 9.99. The Bertz CT molecular complexity index is 453. The standard InChI is InChI=1S/C13H18N2O2/c1-8(2)10-5-11(13(14)17)7-12(6-10)15(4)9(3)16/h5-8H,1-4H3,(H2,14,17). The molecule has 0 fully saturated rings. The average molecular weight is 234 g/mol. The Balaban J connectivity index is 3.31. The van der Waals surface area contributed by atoms with E-state index in [1.165, 1.54) is 11.8 Å². The van der Waals surface area contributed by atoms with Gasteiger partial charge < -0.3 is 10.6 Å². The highest BCUT2D eigenvalue weighted by molar-refractivity contribution is 5.96. The minimum Gasteiger partial charge on any atom is -0.366 e. The SMILES string of the molecule is CC(=O)N(C)c1cc(C(N)=O)cc(C(C)C)c1. The number of carbonyl (C=O) groups excluding carboxylic acids is 2. The van der Waals surface area contributed by atoms with Crippen LogP contribution in [0.1, 0.15) is 42.6 Å². The first kappa shape index (κ1) is 13.2. The Morgan fingerprint density at radius 2 is 1.82 bits per heavy atom. The van der Waals surface area contributed by atoms with Crippen molar-refractivity contribution >= 4 is 17.5 Å². The van der Waals surface area contributed by atoms with Crippen molar-refractivity contribution in [1.82, 2.24) is 0 Å². The molecule has 1 aromatic rings. The van der Waals surface area contributed by atoms with E-state index >= 15 is 0 Å². The van der Waals surface area contributed by atoms with Crippen molar-refractivity contribution in [3.05, 3.63) is 29.3 Å². The fourth-order valence-corrected chi connectivity index (χ4v) is 1.49. The van der Waals surface area contributed by atoms with Crippen LogP contribution in [0.2, 0.25) is 0 Å². The van der Waals surface area contributed by atoms with E-state index in [2.05, 4.69) is 0 Å².